The van der Waals surface area contributed by atoms with E-state index in [1.165, 1.54) is 13.5 Å². The van der Waals surface area contributed by atoms with E-state index < -0.39 is 15.5 Å². The molecule has 0 aromatic rings. The highest BCUT2D eigenvalue weighted by Gasteiger charge is 2.14. The summed E-state index contributed by atoms with van der Waals surface area (Å²) in [6, 6.07) is 0. The molecule has 0 aromatic carbocycles. The van der Waals surface area contributed by atoms with Crippen molar-refractivity contribution in [3.63, 3.8) is 0 Å². The zero-order chi connectivity index (χ0) is 7.49. The van der Waals surface area contributed by atoms with E-state index in [1.54, 1.807) is 6.92 Å². The highest BCUT2D eigenvalue weighted by Crippen LogP contribution is 1.91. The first kappa shape index (κ1) is 8.87. The zero-order valence-corrected chi connectivity index (χ0v) is 6.14. The summed E-state index contributed by atoms with van der Waals surface area (Å²) in [7, 11) is -3.91. The van der Waals surface area contributed by atoms with Crippen LogP contribution in [-0.4, -0.2) is 18.3 Å². The van der Waals surface area contributed by atoms with E-state index in [-0.39, 0.29) is 0 Å². The molecule has 0 aliphatic carbocycles. The van der Waals surface area contributed by atoms with Crippen LogP contribution in [0, 0.1) is 6.54 Å². The number of hydrogen-bond acceptors (Lipinski definition) is 3. The molecular weight excluding hydrogens is 142 g/mol. The summed E-state index contributed by atoms with van der Waals surface area (Å²) in [5.41, 5.74) is 0. The molecule has 1 radical (unpaired) electrons. The Bertz CT molecular complexity index is 163. The third-order valence-corrected chi connectivity index (χ3v) is 1.88. The van der Waals surface area contributed by atoms with Gasteiger partial charge in [0.05, 0.1) is 0 Å². The van der Waals surface area contributed by atoms with Gasteiger partial charge in [-0.15, -0.1) is 0 Å². The van der Waals surface area contributed by atoms with Crippen molar-refractivity contribution in [2.24, 2.45) is 0 Å². The maximum absolute atomic E-state index is 10.2. The molecule has 9 heavy (non-hydrogen) atoms. The fourth-order valence-corrected chi connectivity index (χ4v) is 0.629. The Morgan fingerprint density at radius 1 is 1.67 bits per heavy atom. The quantitative estimate of drug-likeness (QED) is 0.558. The maximum Gasteiger partial charge on any atom is 0.280 e. The first-order valence-electron chi connectivity index (χ1n) is 2.48. The zero-order valence-electron chi connectivity index (χ0n) is 5.33. The van der Waals surface area contributed by atoms with Gasteiger partial charge in [0.2, 0.25) is 0 Å². The van der Waals surface area contributed by atoms with E-state index in [1.807, 2.05) is 0 Å². The Hall–Kier alpha value is -0.130. The van der Waals surface area contributed by atoms with Crippen molar-refractivity contribution < 1.29 is 13.0 Å². The Morgan fingerprint density at radius 3 is 2.22 bits per heavy atom. The van der Waals surface area contributed by atoms with Crippen molar-refractivity contribution in [1.29, 1.82) is 0 Å². The van der Waals surface area contributed by atoms with Crippen LogP contribution in [0.25, 0.3) is 0 Å². The Balaban J connectivity index is 3.90. The summed E-state index contributed by atoms with van der Waals surface area (Å²) in [5, 5.41) is 1.51. The third-order valence-electron chi connectivity index (χ3n) is 0.848. The summed E-state index contributed by atoms with van der Waals surface area (Å²) in [6.45, 7) is 4.45. The molecule has 1 atom stereocenters. The lowest BCUT2D eigenvalue weighted by Crippen LogP contribution is -2.30. The molecule has 0 aliphatic heterocycles. The van der Waals surface area contributed by atoms with Gasteiger partial charge in [-0.2, -0.15) is 8.42 Å². The molecular formula is C4H10NO3S. The fourth-order valence-electron chi connectivity index (χ4n) is 0.321. The first-order chi connectivity index (χ1) is 3.98. The average molecular weight is 152 g/mol. The summed E-state index contributed by atoms with van der Waals surface area (Å²) in [6.07, 6.45) is 0. The molecule has 4 nitrogen and oxygen atoms in total. The average Bonchev–Trinajstić information content (AvgIpc) is 1.64. The van der Waals surface area contributed by atoms with E-state index >= 15 is 0 Å². The minimum absolute atomic E-state index is 0.914. The molecule has 0 heterocycles. The van der Waals surface area contributed by atoms with Gasteiger partial charge in [-0.1, -0.05) is 0 Å². The minimum atomic E-state index is -3.91. The largest absolute Gasteiger partial charge is 0.295 e. The molecule has 55 valence electrons. The standard InChI is InChI=1S/C4H10NO3S/c1-3-5-4(2)9(6,7)8/h3-5H,1-2H3,(H,6,7,8). The number of rotatable bonds is 3. The van der Waals surface area contributed by atoms with Gasteiger partial charge in [-0.25, -0.2) is 0 Å². The summed E-state index contributed by atoms with van der Waals surface area (Å²) in [5.74, 6) is 0. The van der Waals surface area contributed by atoms with E-state index in [2.05, 4.69) is 5.32 Å². The van der Waals surface area contributed by atoms with Gasteiger partial charge in [0, 0.05) is 6.54 Å². The van der Waals surface area contributed by atoms with Crippen LogP contribution in [0.4, 0.5) is 0 Å². The van der Waals surface area contributed by atoms with E-state index in [0.29, 0.717) is 0 Å². The van der Waals surface area contributed by atoms with Crippen molar-refractivity contribution in [1.82, 2.24) is 5.32 Å². The van der Waals surface area contributed by atoms with E-state index in [9.17, 15) is 8.42 Å². The second kappa shape index (κ2) is 3.14. The van der Waals surface area contributed by atoms with Crippen LogP contribution in [0.3, 0.4) is 0 Å². The van der Waals surface area contributed by atoms with Gasteiger partial charge < -0.3 is 0 Å². The molecule has 0 saturated carbocycles. The third kappa shape index (κ3) is 3.45. The molecule has 0 fully saturated rings. The predicted octanol–water partition coefficient (Wildman–Crippen LogP) is -0.00851. The molecule has 0 aromatic heterocycles. The summed E-state index contributed by atoms with van der Waals surface area (Å²) in [4.78, 5) is 0. The SMILES string of the molecule is C[CH]NC(C)S(=O)(=O)O. The molecule has 0 aliphatic rings. The van der Waals surface area contributed by atoms with Crippen LogP contribution in [-0.2, 0) is 10.1 Å². The second-order valence-electron chi connectivity index (χ2n) is 1.61. The summed E-state index contributed by atoms with van der Waals surface area (Å²) < 4.78 is 28.7. The number of nitrogens with one attached hydrogen (secondary N) is 1. The monoisotopic (exact) mass is 152 g/mol. The normalized spacial score (nSPS) is 15.4. The van der Waals surface area contributed by atoms with Crippen LogP contribution < -0.4 is 5.32 Å². The van der Waals surface area contributed by atoms with Gasteiger partial charge in [-0.05, 0) is 13.8 Å². The maximum atomic E-state index is 10.2. The highest BCUT2D eigenvalue weighted by atomic mass is 32.2. The Kier molecular flexibility index (Phi) is 3.10. The Morgan fingerprint density at radius 2 is 2.11 bits per heavy atom. The van der Waals surface area contributed by atoms with E-state index in [4.69, 9.17) is 4.55 Å². The molecule has 1 unspecified atom stereocenters. The first-order valence-corrected chi connectivity index (χ1v) is 3.99. The minimum Gasteiger partial charge on any atom is -0.295 e. The summed E-state index contributed by atoms with van der Waals surface area (Å²) >= 11 is 0. The molecule has 0 bridgehead atoms. The van der Waals surface area contributed by atoms with Gasteiger partial charge in [0.25, 0.3) is 10.1 Å². The van der Waals surface area contributed by atoms with Crippen molar-refractivity contribution in [3.8, 4) is 0 Å². The topological polar surface area (TPSA) is 66.4 Å². The van der Waals surface area contributed by atoms with Crippen LogP contribution >= 0.6 is 0 Å². The number of hydrogen-bond donors (Lipinski definition) is 2. The molecule has 0 spiro atoms. The van der Waals surface area contributed by atoms with Gasteiger partial charge in [0.15, 0.2) is 0 Å². The van der Waals surface area contributed by atoms with Crippen molar-refractivity contribution in [2.75, 3.05) is 0 Å². The predicted molar refractivity (Wildman–Crippen MR) is 34.1 cm³/mol. The van der Waals surface area contributed by atoms with Crippen molar-refractivity contribution in [2.45, 2.75) is 19.2 Å². The Labute approximate surface area is 55.0 Å². The van der Waals surface area contributed by atoms with Gasteiger partial charge in [0.1, 0.15) is 5.37 Å². The van der Waals surface area contributed by atoms with Crippen LogP contribution in [0.15, 0.2) is 0 Å². The van der Waals surface area contributed by atoms with E-state index in [0.717, 1.165) is 0 Å². The molecule has 5 heteroatoms. The fraction of sp³-hybridized carbons (Fsp3) is 0.750. The smallest absolute Gasteiger partial charge is 0.280 e. The van der Waals surface area contributed by atoms with Gasteiger partial charge >= 0.3 is 0 Å². The highest BCUT2D eigenvalue weighted by molar-refractivity contribution is 7.86. The van der Waals surface area contributed by atoms with Crippen LogP contribution in [0.5, 0.6) is 0 Å². The van der Waals surface area contributed by atoms with Crippen LogP contribution in [0.2, 0.25) is 0 Å². The van der Waals surface area contributed by atoms with Crippen molar-refractivity contribution in [3.05, 3.63) is 6.54 Å². The molecule has 0 rings (SSSR count). The van der Waals surface area contributed by atoms with Crippen LogP contribution in [0.1, 0.15) is 13.8 Å². The molecule has 0 saturated heterocycles. The molecule has 0 amide bonds. The lowest BCUT2D eigenvalue weighted by molar-refractivity contribution is 0.462. The lowest BCUT2D eigenvalue weighted by Gasteiger charge is -2.06. The molecule has 2 N–H and O–H groups in total. The second-order valence-corrected chi connectivity index (χ2v) is 3.35. The van der Waals surface area contributed by atoms with Crippen molar-refractivity contribution >= 4 is 10.1 Å². The van der Waals surface area contributed by atoms with Gasteiger partial charge in [-0.3, -0.25) is 9.87 Å². The lowest BCUT2D eigenvalue weighted by atomic mass is 10.7.